The predicted molar refractivity (Wildman–Crippen MR) is 50.0 cm³/mol. The van der Waals surface area contributed by atoms with Gasteiger partial charge in [0, 0.05) is 12.7 Å². The van der Waals surface area contributed by atoms with Gasteiger partial charge in [-0.2, -0.15) is 5.10 Å². The molecule has 3 N–H and O–H groups in total. The molecule has 0 fully saturated rings. The molecule has 0 radical (unpaired) electrons. The number of aromatic nitrogens is 2. The van der Waals surface area contributed by atoms with Gasteiger partial charge in [0.1, 0.15) is 0 Å². The molecule has 0 aromatic carbocycles. The lowest BCUT2D eigenvalue weighted by atomic mass is 10.4. The molecule has 5 heteroatoms. The molecular weight excluding hydrogens is 257 g/mol. The zero-order valence-corrected chi connectivity index (χ0v) is 8.10. The molecule has 0 saturated heterocycles. The molecule has 4 nitrogen and oxygen atoms in total. The van der Waals surface area contributed by atoms with Crippen molar-refractivity contribution in [2.75, 3.05) is 6.54 Å². The second-order valence-corrected chi connectivity index (χ2v) is 3.52. The van der Waals surface area contributed by atoms with Crippen molar-refractivity contribution in [2.24, 2.45) is 5.73 Å². The lowest BCUT2D eigenvalue weighted by Crippen LogP contribution is -2.25. The number of aliphatic hydroxyl groups excluding tert-OH is 1. The van der Waals surface area contributed by atoms with Crippen molar-refractivity contribution < 1.29 is 5.11 Å². The van der Waals surface area contributed by atoms with Gasteiger partial charge in [-0.05, 0) is 22.6 Å². The van der Waals surface area contributed by atoms with Crippen LogP contribution in [0.3, 0.4) is 0 Å². The van der Waals surface area contributed by atoms with Crippen molar-refractivity contribution in [1.29, 1.82) is 0 Å². The Morgan fingerprint density at radius 1 is 1.82 bits per heavy atom. The zero-order chi connectivity index (χ0) is 8.27. The van der Waals surface area contributed by atoms with Crippen LogP contribution in [0, 0.1) is 3.57 Å². The number of aliphatic hydroxyl groups is 1. The molecule has 0 bridgehead atoms. The van der Waals surface area contributed by atoms with E-state index in [2.05, 4.69) is 27.7 Å². The van der Waals surface area contributed by atoms with Crippen molar-refractivity contribution in [3.05, 3.63) is 16.0 Å². The van der Waals surface area contributed by atoms with Gasteiger partial charge in [0.25, 0.3) is 0 Å². The maximum atomic E-state index is 9.13. The quantitative estimate of drug-likeness (QED) is 0.746. The molecule has 1 heterocycles. The summed E-state index contributed by atoms with van der Waals surface area (Å²) in [6.07, 6.45) is 3.11. The molecule has 62 valence electrons. The minimum Gasteiger partial charge on any atom is -0.390 e. The summed E-state index contributed by atoms with van der Waals surface area (Å²) in [4.78, 5) is 0. The second kappa shape index (κ2) is 4.03. The largest absolute Gasteiger partial charge is 0.390 e. The standard InChI is InChI=1S/C6H10IN3O/c7-5-2-9-10(3-5)4-6(11)1-8/h2-3,6,11H,1,4,8H2/t6-/m1/s1. The Kier molecular flexibility index (Phi) is 3.28. The first-order chi connectivity index (χ1) is 5.22. The highest BCUT2D eigenvalue weighted by Gasteiger charge is 2.02. The van der Waals surface area contributed by atoms with E-state index in [1.807, 2.05) is 6.20 Å². The third-order valence-electron chi connectivity index (χ3n) is 1.27. The van der Waals surface area contributed by atoms with Gasteiger partial charge in [0.2, 0.25) is 0 Å². The first-order valence-electron chi connectivity index (χ1n) is 3.28. The third-order valence-corrected chi connectivity index (χ3v) is 1.83. The average Bonchev–Trinajstić information content (AvgIpc) is 2.35. The van der Waals surface area contributed by atoms with E-state index in [1.165, 1.54) is 0 Å². The van der Waals surface area contributed by atoms with Gasteiger partial charge in [0.15, 0.2) is 0 Å². The van der Waals surface area contributed by atoms with E-state index in [0.717, 1.165) is 3.57 Å². The van der Waals surface area contributed by atoms with Gasteiger partial charge >= 0.3 is 0 Å². The average molecular weight is 267 g/mol. The highest BCUT2D eigenvalue weighted by Crippen LogP contribution is 2.01. The number of rotatable bonds is 3. The Morgan fingerprint density at radius 2 is 2.55 bits per heavy atom. The van der Waals surface area contributed by atoms with Crippen LogP contribution in [0.25, 0.3) is 0 Å². The summed E-state index contributed by atoms with van der Waals surface area (Å²) in [7, 11) is 0. The van der Waals surface area contributed by atoms with Crippen LogP contribution in [-0.4, -0.2) is 27.5 Å². The van der Waals surface area contributed by atoms with E-state index in [1.54, 1.807) is 10.9 Å². The SMILES string of the molecule is NC[C@@H](O)Cn1cc(I)cn1. The van der Waals surface area contributed by atoms with Gasteiger partial charge in [0.05, 0.1) is 22.4 Å². The fourth-order valence-corrected chi connectivity index (χ4v) is 1.17. The maximum absolute atomic E-state index is 9.13. The van der Waals surface area contributed by atoms with Gasteiger partial charge in [-0.25, -0.2) is 0 Å². The molecule has 0 saturated carbocycles. The van der Waals surface area contributed by atoms with E-state index in [-0.39, 0.29) is 6.54 Å². The molecule has 1 atom stereocenters. The van der Waals surface area contributed by atoms with Crippen LogP contribution in [0.1, 0.15) is 0 Å². The van der Waals surface area contributed by atoms with Gasteiger partial charge in [-0.1, -0.05) is 0 Å². The summed E-state index contributed by atoms with van der Waals surface area (Å²) in [6, 6.07) is 0. The van der Waals surface area contributed by atoms with E-state index in [4.69, 9.17) is 10.8 Å². The van der Waals surface area contributed by atoms with Crippen molar-refractivity contribution in [3.8, 4) is 0 Å². The summed E-state index contributed by atoms with van der Waals surface area (Å²) in [6.45, 7) is 0.746. The third kappa shape index (κ3) is 2.76. The van der Waals surface area contributed by atoms with Crippen molar-refractivity contribution in [3.63, 3.8) is 0 Å². The first-order valence-corrected chi connectivity index (χ1v) is 4.36. The van der Waals surface area contributed by atoms with Crippen molar-refractivity contribution in [2.45, 2.75) is 12.6 Å². The Labute approximate surface area is 78.5 Å². The van der Waals surface area contributed by atoms with Crippen molar-refractivity contribution >= 4 is 22.6 Å². The molecule has 1 aromatic heterocycles. The first kappa shape index (κ1) is 8.95. The molecule has 0 spiro atoms. The Bertz CT molecular complexity index is 225. The van der Waals surface area contributed by atoms with Crippen LogP contribution in [0.15, 0.2) is 12.4 Å². The van der Waals surface area contributed by atoms with E-state index in [9.17, 15) is 0 Å². The number of hydrogen-bond acceptors (Lipinski definition) is 3. The normalized spacial score (nSPS) is 13.4. The van der Waals surface area contributed by atoms with Gasteiger partial charge < -0.3 is 10.8 Å². The van der Waals surface area contributed by atoms with E-state index < -0.39 is 6.10 Å². The highest BCUT2D eigenvalue weighted by molar-refractivity contribution is 14.1. The second-order valence-electron chi connectivity index (χ2n) is 2.27. The predicted octanol–water partition coefficient (Wildman–Crippen LogP) is -0.193. The van der Waals surface area contributed by atoms with E-state index in [0.29, 0.717) is 6.54 Å². The molecular formula is C6H10IN3O. The molecule has 0 aliphatic carbocycles. The molecule has 0 unspecified atom stereocenters. The van der Waals surface area contributed by atoms with Crippen LogP contribution in [-0.2, 0) is 6.54 Å². The lowest BCUT2D eigenvalue weighted by Gasteiger charge is -2.06. The smallest absolute Gasteiger partial charge is 0.0857 e. The molecule has 1 aromatic rings. The van der Waals surface area contributed by atoms with Gasteiger partial charge in [-0.15, -0.1) is 0 Å². The zero-order valence-electron chi connectivity index (χ0n) is 5.94. The molecule has 11 heavy (non-hydrogen) atoms. The fraction of sp³-hybridized carbons (Fsp3) is 0.500. The number of nitrogens with zero attached hydrogens (tertiary/aromatic N) is 2. The topological polar surface area (TPSA) is 64.1 Å². The van der Waals surface area contributed by atoms with Crippen LogP contribution < -0.4 is 5.73 Å². The lowest BCUT2D eigenvalue weighted by molar-refractivity contribution is 0.157. The van der Waals surface area contributed by atoms with Crippen LogP contribution in [0.5, 0.6) is 0 Å². The van der Waals surface area contributed by atoms with Crippen LogP contribution in [0.4, 0.5) is 0 Å². The molecule has 1 rings (SSSR count). The number of hydrogen-bond donors (Lipinski definition) is 2. The number of nitrogens with two attached hydrogens (primary N) is 1. The summed E-state index contributed by atoms with van der Waals surface area (Å²) in [5, 5.41) is 13.1. The summed E-state index contributed by atoms with van der Waals surface area (Å²) in [5.41, 5.74) is 5.23. The van der Waals surface area contributed by atoms with Crippen LogP contribution >= 0.6 is 22.6 Å². The van der Waals surface area contributed by atoms with Crippen LogP contribution in [0.2, 0.25) is 0 Å². The maximum Gasteiger partial charge on any atom is 0.0857 e. The van der Waals surface area contributed by atoms with Crippen molar-refractivity contribution in [1.82, 2.24) is 9.78 Å². The van der Waals surface area contributed by atoms with E-state index >= 15 is 0 Å². The molecule has 0 aliphatic rings. The Hall–Kier alpha value is -0.140. The summed E-state index contributed by atoms with van der Waals surface area (Å²) < 4.78 is 2.74. The minimum absolute atomic E-state index is 0.274. The molecule has 0 amide bonds. The minimum atomic E-state index is -0.495. The highest BCUT2D eigenvalue weighted by atomic mass is 127. The summed E-state index contributed by atoms with van der Waals surface area (Å²) in [5.74, 6) is 0. The number of halogens is 1. The fourth-order valence-electron chi connectivity index (χ4n) is 0.729. The van der Waals surface area contributed by atoms with Gasteiger partial charge in [-0.3, -0.25) is 4.68 Å². The Balaban J connectivity index is 2.50. The molecule has 0 aliphatic heterocycles. The Morgan fingerprint density at radius 3 is 3.00 bits per heavy atom. The summed E-state index contributed by atoms with van der Waals surface area (Å²) >= 11 is 2.16. The monoisotopic (exact) mass is 267 g/mol.